The molecule has 0 aromatic carbocycles. The van der Waals surface area contributed by atoms with Crippen LogP contribution in [0.15, 0.2) is 18.5 Å². The maximum Gasteiger partial charge on any atom is 0.252 e. The molecule has 1 rings (SSSR count). The van der Waals surface area contributed by atoms with Gasteiger partial charge in [0.2, 0.25) is 0 Å². The number of rotatable bonds is 5. The number of aliphatic hydroxyl groups is 1. The number of hydrogen-bond donors (Lipinski definition) is 2. The molecular weight excluding hydrogens is 264 g/mol. The second kappa shape index (κ2) is 8.40. The lowest BCUT2D eigenvalue weighted by Gasteiger charge is -2.06. The van der Waals surface area contributed by atoms with Crippen LogP contribution in [0.25, 0.3) is 0 Å². The molecule has 0 saturated carbocycles. The van der Waals surface area contributed by atoms with E-state index in [1.807, 2.05) is 0 Å². The van der Waals surface area contributed by atoms with Crippen molar-refractivity contribution >= 4 is 16.7 Å². The number of carbonyl (C=O) groups excluding carboxylic acids is 1. The van der Waals surface area contributed by atoms with Gasteiger partial charge in [0.15, 0.2) is 0 Å². The van der Waals surface area contributed by atoms with Gasteiger partial charge in [-0.25, -0.2) is 0 Å². The van der Waals surface area contributed by atoms with Crippen molar-refractivity contribution < 1.29 is 14.1 Å². The molecule has 19 heavy (non-hydrogen) atoms. The first-order valence-electron chi connectivity index (χ1n) is 5.77. The summed E-state index contributed by atoms with van der Waals surface area (Å²) in [6, 6.07) is 1.58. The Hall–Kier alpha value is -1.71. The number of nitrogens with one attached hydrogen (secondary N) is 1. The van der Waals surface area contributed by atoms with Crippen molar-refractivity contribution in [3.05, 3.63) is 29.6 Å². The third-order valence-electron chi connectivity index (χ3n) is 2.26. The molecule has 0 bridgehead atoms. The minimum absolute atomic E-state index is 0.244. The minimum atomic E-state index is -0.845. The first kappa shape index (κ1) is 15.3. The highest BCUT2D eigenvalue weighted by Crippen LogP contribution is 2.05. The maximum atomic E-state index is 11.9. The molecule has 1 heterocycles. The number of aliphatic hydroxyl groups excluding tert-OH is 1. The van der Waals surface area contributed by atoms with E-state index < -0.39 is 10.8 Å². The van der Waals surface area contributed by atoms with Crippen LogP contribution in [-0.4, -0.2) is 45.4 Å². The van der Waals surface area contributed by atoms with Crippen LogP contribution in [-0.2, 0) is 10.8 Å². The normalized spacial score (nSPS) is 11.3. The van der Waals surface area contributed by atoms with Crippen LogP contribution in [0.2, 0.25) is 0 Å². The molecule has 0 fully saturated rings. The van der Waals surface area contributed by atoms with Gasteiger partial charge in [-0.15, -0.1) is 0 Å². The van der Waals surface area contributed by atoms with E-state index in [4.69, 9.17) is 5.11 Å². The monoisotopic (exact) mass is 280 g/mol. The number of amides is 1. The predicted octanol–water partition coefficient (Wildman–Crippen LogP) is -0.0762. The molecule has 102 valence electrons. The fraction of sp³-hybridized carbons (Fsp3) is 0.385. The summed E-state index contributed by atoms with van der Waals surface area (Å²) in [6.07, 6.45) is 5.30. The number of pyridine rings is 1. The topological polar surface area (TPSA) is 79.3 Å². The van der Waals surface area contributed by atoms with E-state index in [9.17, 15) is 9.00 Å². The largest absolute Gasteiger partial charge is 0.384 e. The van der Waals surface area contributed by atoms with Gasteiger partial charge in [0, 0.05) is 41.7 Å². The summed E-state index contributed by atoms with van der Waals surface area (Å²) >= 11 is 0. The molecule has 2 N–H and O–H groups in total. The molecule has 0 aliphatic carbocycles. The summed E-state index contributed by atoms with van der Waals surface area (Å²) in [4.78, 5) is 15.8. The van der Waals surface area contributed by atoms with E-state index in [1.165, 1.54) is 12.4 Å². The summed E-state index contributed by atoms with van der Waals surface area (Å²) in [5.41, 5.74) is 0.904. The van der Waals surface area contributed by atoms with Gasteiger partial charge in [0.25, 0.3) is 5.91 Å². The molecule has 0 aliphatic rings. The summed E-state index contributed by atoms with van der Waals surface area (Å²) in [5, 5.41) is 11.4. The summed E-state index contributed by atoms with van der Waals surface area (Å²) < 4.78 is 10.9. The van der Waals surface area contributed by atoms with E-state index >= 15 is 0 Å². The molecule has 6 heteroatoms. The highest BCUT2D eigenvalue weighted by molar-refractivity contribution is 7.84. The zero-order chi connectivity index (χ0) is 14.1. The fourth-order valence-corrected chi connectivity index (χ4v) is 1.95. The Balaban J connectivity index is 2.63. The Bertz CT molecular complexity index is 520. The van der Waals surface area contributed by atoms with Gasteiger partial charge in [-0.2, -0.15) is 0 Å². The third-order valence-corrected chi connectivity index (χ3v) is 3.13. The maximum absolute atomic E-state index is 11.9. The molecule has 1 amide bonds. The highest BCUT2D eigenvalue weighted by Gasteiger charge is 2.09. The minimum Gasteiger partial charge on any atom is -0.384 e. The molecule has 0 radical (unpaired) electrons. The van der Waals surface area contributed by atoms with Crippen molar-refractivity contribution in [3.8, 4) is 11.8 Å². The summed E-state index contributed by atoms with van der Waals surface area (Å²) in [5.74, 6) is 5.49. The van der Waals surface area contributed by atoms with Gasteiger partial charge in [-0.1, -0.05) is 11.8 Å². The van der Waals surface area contributed by atoms with Crippen LogP contribution < -0.4 is 5.32 Å². The van der Waals surface area contributed by atoms with Crippen molar-refractivity contribution in [1.82, 2.24) is 10.3 Å². The Morgan fingerprint density at radius 3 is 3.05 bits per heavy atom. The number of aromatic nitrogens is 1. The van der Waals surface area contributed by atoms with Crippen molar-refractivity contribution in [2.75, 3.05) is 25.2 Å². The number of carbonyl (C=O) groups is 1. The van der Waals surface area contributed by atoms with Gasteiger partial charge in [-0.3, -0.25) is 14.0 Å². The molecule has 5 nitrogen and oxygen atoms in total. The first-order chi connectivity index (χ1) is 9.15. The average molecular weight is 280 g/mol. The summed E-state index contributed by atoms with van der Waals surface area (Å²) in [6.45, 7) is 0.200. The molecule has 1 aromatic heterocycles. The van der Waals surface area contributed by atoms with Crippen molar-refractivity contribution in [2.45, 2.75) is 6.42 Å². The molecule has 1 aromatic rings. The van der Waals surface area contributed by atoms with Crippen LogP contribution >= 0.6 is 0 Å². The second-order valence-corrected chi connectivity index (χ2v) is 5.32. The van der Waals surface area contributed by atoms with Crippen molar-refractivity contribution in [2.24, 2.45) is 0 Å². The van der Waals surface area contributed by atoms with Crippen LogP contribution in [0, 0.1) is 11.8 Å². The Labute approximate surface area is 114 Å². The van der Waals surface area contributed by atoms with Crippen molar-refractivity contribution in [3.63, 3.8) is 0 Å². The molecule has 1 unspecified atom stereocenters. The van der Waals surface area contributed by atoms with E-state index in [1.54, 1.807) is 12.3 Å². The molecule has 1 atom stereocenters. The van der Waals surface area contributed by atoms with E-state index in [-0.39, 0.29) is 12.5 Å². The Kier molecular flexibility index (Phi) is 6.79. The van der Waals surface area contributed by atoms with Crippen LogP contribution in [0.5, 0.6) is 0 Å². The predicted molar refractivity (Wildman–Crippen MR) is 74.1 cm³/mol. The lowest BCUT2D eigenvalue weighted by Crippen LogP contribution is -2.26. The van der Waals surface area contributed by atoms with Gasteiger partial charge in [0.05, 0.1) is 11.1 Å². The van der Waals surface area contributed by atoms with Crippen molar-refractivity contribution in [1.29, 1.82) is 0 Å². The van der Waals surface area contributed by atoms with Gasteiger partial charge >= 0.3 is 0 Å². The lowest BCUT2D eigenvalue weighted by molar-refractivity contribution is 0.0953. The van der Waals surface area contributed by atoms with Gasteiger partial charge < -0.3 is 10.4 Å². The Morgan fingerprint density at radius 1 is 1.58 bits per heavy atom. The lowest BCUT2D eigenvalue weighted by atomic mass is 10.1. The summed E-state index contributed by atoms with van der Waals surface area (Å²) in [7, 11) is -0.845. The molecule has 0 spiro atoms. The molecule has 0 aliphatic heterocycles. The standard InChI is InChI=1S/C13H16N2O3S/c1-19(18)9-3-6-15-13(17)12-5-7-14-10-11(12)4-2-8-16/h5,7,10,16H,3,6,8-9H2,1H3,(H,15,17). The smallest absolute Gasteiger partial charge is 0.252 e. The molecular formula is C13H16N2O3S. The highest BCUT2D eigenvalue weighted by atomic mass is 32.2. The van der Waals surface area contributed by atoms with E-state index in [0.717, 1.165) is 0 Å². The fourth-order valence-electron chi connectivity index (χ4n) is 1.40. The Morgan fingerprint density at radius 2 is 2.37 bits per heavy atom. The molecule has 0 saturated heterocycles. The number of nitrogens with zero attached hydrogens (tertiary/aromatic N) is 1. The average Bonchev–Trinajstić information content (AvgIpc) is 2.41. The van der Waals surface area contributed by atoms with Gasteiger partial charge in [-0.05, 0) is 12.5 Å². The second-order valence-electron chi connectivity index (χ2n) is 3.77. The van der Waals surface area contributed by atoms with E-state index in [2.05, 4.69) is 22.1 Å². The zero-order valence-electron chi connectivity index (χ0n) is 10.7. The van der Waals surface area contributed by atoms with Gasteiger partial charge in [0.1, 0.15) is 6.61 Å². The van der Waals surface area contributed by atoms with E-state index in [0.29, 0.717) is 29.8 Å². The quantitative estimate of drug-likeness (QED) is 0.584. The first-order valence-corrected chi connectivity index (χ1v) is 7.50. The van der Waals surface area contributed by atoms with Crippen LogP contribution in [0.4, 0.5) is 0 Å². The van der Waals surface area contributed by atoms with Crippen LogP contribution in [0.3, 0.4) is 0 Å². The SMILES string of the molecule is CS(=O)CCCNC(=O)c1ccncc1C#CCO. The third kappa shape index (κ3) is 5.64. The van der Waals surface area contributed by atoms with Crippen LogP contribution in [0.1, 0.15) is 22.3 Å². The zero-order valence-corrected chi connectivity index (χ0v) is 11.5. The number of hydrogen-bond acceptors (Lipinski definition) is 4.